The number of halogens is 1. The van der Waals surface area contributed by atoms with Gasteiger partial charge in [-0.3, -0.25) is 9.48 Å². The number of carbonyl (C=O) groups is 1. The van der Waals surface area contributed by atoms with Gasteiger partial charge in [0.25, 0.3) is 0 Å². The van der Waals surface area contributed by atoms with Crippen LogP contribution in [-0.2, 0) is 0 Å². The van der Waals surface area contributed by atoms with Gasteiger partial charge >= 0.3 is 0 Å². The van der Waals surface area contributed by atoms with Crippen LogP contribution < -0.4 is 0 Å². The van der Waals surface area contributed by atoms with E-state index in [1.54, 1.807) is 11.6 Å². The lowest BCUT2D eigenvalue weighted by Crippen LogP contribution is -2.14. The van der Waals surface area contributed by atoms with Gasteiger partial charge in [-0.2, -0.15) is 5.10 Å². The highest BCUT2D eigenvalue weighted by atomic mass is 35.5. The molecule has 2 rings (SSSR count). The standard InChI is InChI=1S/C14H17ClN2O2/c1-7(2)17-13(11(15)6-16-17)14(18)12-8(3)9(4)19-10(12)5/h6-7H,1-5H3. The van der Waals surface area contributed by atoms with Crippen LogP contribution in [0.4, 0.5) is 0 Å². The molecule has 2 aromatic heterocycles. The van der Waals surface area contributed by atoms with Gasteiger partial charge in [-0.25, -0.2) is 0 Å². The summed E-state index contributed by atoms with van der Waals surface area (Å²) in [5.41, 5.74) is 1.86. The molecule has 0 aliphatic rings. The van der Waals surface area contributed by atoms with E-state index >= 15 is 0 Å². The summed E-state index contributed by atoms with van der Waals surface area (Å²) >= 11 is 6.11. The Labute approximate surface area is 117 Å². The monoisotopic (exact) mass is 280 g/mol. The van der Waals surface area contributed by atoms with Gasteiger partial charge in [0.1, 0.15) is 17.2 Å². The Bertz CT molecular complexity index is 638. The molecule has 2 heterocycles. The van der Waals surface area contributed by atoms with Crippen molar-refractivity contribution in [3.63, 3.8) is 0 Å². The number of nitrogens with zero attached hydrogens (tertiary/aromatic N) is 2. The van der Waals surface area contributed by atoms with Crippen molar-refractivity contribution in [2.24, 2.45) is 0 Å². The molecule has 0 aliphatic heterocycles. The van der Waals surface area contributed by atoms with Gasteiger partial charge < -0.3 is 4.42 Å². The number of furan rings is 1. The maximum atomic E-state index is 12.7. The van der Waals surface area contributed by atoms with E-state index in [1.807, 2.05) is 27.7 Å². The fourth-order valence-electron chi connectivity index (χ4n) is 2.19. The van der Waals surface area contributed by atoms with Crippen molar-refractivity contribution in [2.75, 3.05) is 0 Å². The Balaban J connectivity index is 2.59. The maximum absolute atomic E-state index is 12.7. The van der Waals surface area contributed by atoms with Crippen molar-refractivity contribution >= 4 is 17.4 Å². The number of carbonyl (C=O) groups excluding carboxylic acids is 1. The fourth-order valence-corrected chi connectivity index (χ4v) is 2.41. The molecule has 0 radical (unpaired) electrons. The molecule has 0 aromatic carbocycles. The van der Waals surface area contributed by atoms with Crippen LogP contribution in [0.1, 0.15) is 53.0 Å². The van der Waals surface area contributed by atoms with Crippen LogP contribution in [0, 0.1) is 20.8 Å². The third kappa shape index (κ3) is 2.21. The first-order valence-electron chi connectivity index (χ1n) is 6.18. The smallest absolute Gasteiger partial charge is 0.216 e. The van der Waals surface area contributed by atoms with Crippen molar-refractivity contribution in [3.8, 4) is 0 Å². The lowest BCUT2D eigenvalue weighted by Gasteiger charge is -2.10. The van der Waals surface area contributed by atoms with Crippen molar-refractivity contribution in [2.45, 2.75) is 40.7 Å². The van der Waals surface area contributed by atoms with Crippen LogP contribution in [0.15, 0.2) is 10.6 Å². The molecule has 19 heavy (non-hydrogen) atoms. The van der Waals surface area contributed by atoms with Crippen LogP contribution in [0.5, 0.6) is 0 Å². The first-order valence-corrected chi connectivity index (χ1v) is 6.56. The quantitative estimate of drug-likeness (QED) is 0.802. The normalized spacial score (nSPS) is 11.3. The molecule has 5 heteroatoms. The summed E-state index contributed by atoms with van der Waals surface area (Å²) in [7, 11) is 0. The third-order valence-electron chi connectivity index (χ3n) is 3.24. The molecule has 2 aromatic rings. The van der Waals surface area contributed by atoms with Gasteiger partial charge in [0.2, 0.25) is 5.78 Å². The molecule has 0 spiro atoms. The minimum Gasteiger partial charge on any atom is -0.466 e. The Hall–Kier alpha value is -1.55. The summed E-state index contributed by atoms with van der Waals surface area (Å²) in [6.45, 7) is 9.43. The van der Waals surface area contributed by atoms with E-state index in [0.717, 1.165) is 11.3 Å². The number of rotatable bonds is 3. The lowest BCUT2D eigenvalue weighted by molar-refractivity contribution is 0.102. The molecule has 0 bridgehead atoms. The molecule has 102 valence electrons. The van der Waals surface area contributed by atoms with Crippen LogP contribution >= 0.6 is 11.6 Å². The van der Waals surface area contributed by atoms with Crippen LogP contribution in [-0.4, -0.2) is 15.6 Å². The van der Waals surface area contributed by atoms with Crippen LogP contribution in [0.2, 0.25) is 5.02 Å². The van der Waals surface area contributed by atoms with Crippen molar-refractivity contribution < 1.29 is 9.21 Å². The molecule has 4 nitrogen and oxygen atoms in total. The second kappa shape index (κ2) is 4.85. The lowest BCUT2D eigenvalue weighted by atomic mass is 10.0. The van der Waals surface area contributed by atoms with E-state index in [-0.39, 0.29) is 11.8 Å². The highest BCUT2D eigenvalue weighted by Gasteiger charge is 2.26. The molecule has 0 atom stereocenters. The minimum atomic E-state index is -0.136. The highest BCUT2D eigenvalue weighted by molar-refractivity contribution is 6.34. The number of aromatic nitrogens is 2. The van der Waals surface area contributed by atoms with E-state index in [2.05, 4.69) is 5.10 Å². The molecular weight excluding hydrogens is 264 g/mol. The van der Waals surface area contributed by atoms with Crippen LogP contribution in [0.3, 0.4) is 0 Å². The SMILES string of the molecule is Cc1oc(C)c(C(=O)c2c(Cl)cnn2C(C)C)c1C. The second-order valence-corrected chi connectivity index (χ2v) is 5.33. The average Bonchev–Trinajstić information content (AvgIpc) is 2.81. The molecule has 0 aliphatic carbocycles. The molecule has 0 saturated heterocycles. The molecule has 0 saturated carbocycles. The van der Waals surface area contributed by atoms with Gasteiger partial charge in [0.05, 0.1) is 16.8 Å². The van der Waals surface area contributed by atoms with E-state index in [4.69, 9.17) is 16.0 Å². The Morgan fingerprint density at radius 3 is 2.42 bits per heavy atom. The second-order valence-electron chi connectivity index (χ2n) is 4.92. The number of hydrogen-bond acceptors (Lipinski definition) is 3. The minimum absolute atomic E-state index is 0.0695. The highest BCUT2D eigenvalue weighted by Crippen LogP contribution is 2.27. The summed E-state index contributed by atoms with van der Waals surface area (Å²) < 4.78 is 7.16. The predicted octanol–water partition coefficient (Wildman–Crippen LogP) is 3.87. The van der Waals surface area contributed by atoms with Gasteiger partial charge in [-0.1, -0.05) is 11.6 Å². The summed E-state index contributed by atoms with van der Waals surface area (Å²) in [6, 6.07) is 0.0695. The zero-order chi connectivity index (χ0) is 14.3. The number of aryl methyl sites for hydroxylation is 2. The van der Waals surface area contributed by atoms with E-state index in [9.17, 15) is 4.79 Å². The van der Waals surface area contributed by atoms with Crippen molar-refractivity contribution in [1.82, 2.24) is 9.78 Å². The zero-order valence-electron chi connectivity index (χ0n) is 11.7. The molecular formula is C14H17ClN2O2. The number of ketones is 1. The van der Waals surface area contributed by atoms with Gasteiger partial charge in [-0.15, -0.1) is 0 Å². The van der Waals surface area contributed by atoms with Gasteiger partial charge in [-0.05, 0) is 34.6 Å². The average molecular weight is 281 g/mol. The predicted molar refractivity (Wildman–Crippen MR) is 74.0 cm³/mol. The van der Waals surface area contributed by atoms with E-state index in [1.165, 1.54) is 6.20 Å². The molecule has 0 N–H and O–H groups in total. The zero-order valence-corrected chi connectivity index (χ0v) is 12.5. The van der Waals surface area contributed by atoms with Crippen molar-refractivity contribution in [3.05, 3.63) is 39.6 Å². The van der Waals surface area contributed by atoms with Crippen LogP contribution in [0.25, 0.3) is 0 Å². The molecule has 0 unspecified atom stereocenters. The topological polar surface area (TPSA) is 48.0 Å². The van der Waals surface area contributed by atoms with Gasteiger partial charge in [0.15, 0.2) is 0 Å². The molecule has 0 amide bonds. The molecule has 0 fully saturated rings. The Morgan fingerprint density at radius 2 is 1.95 bits per heavy atom. The number of hydrogen-bond donors (Lipinski definition) is 0. The fraction of sp³-hybridized carbons (Fsp3) is 0.429. The summed E-state index contributed by atoms with van der Waals surface area (Å²) in [5.74, 6) is 1.24. The van der Waals surface area contributed by atoms with E-state index in [0.29, 0.717) is 22.0 Å². The van der Waals surface area contributed by atoms with E-state index < -0.39 is 0 Å². The third-order valence-corrected chi connectivity index (χ3v) is 3.52. The largest absolute Gasteiger partial charge is 0.466 e. The van der Waals surface area contributed by atoms with Gasteiger partial charge in [0, 0.05) is 11.6 Å². The first-order chi connectivity index (χ1) is 8.84. The maximum Gasteiger partial charge on any atom is 0.216 e. The van der Waals surface area contributed by atoms with Crippen molar-refractivity contribution in [1.29, 1.82) is 0 Å². The first kappa shape index (κ1) is 13.9. The summed E-state index contributed by atoms with van der Waals surface area (Å²) in [6.07, 6.45) is 1.51. The Kier molecular flexibility index (Phi) is 3.54. The summed E-state index contributed by atoms with van der Waals surface area (Å²) in [5, 5.41) is 4.53. The Morgan fingerprint density at radius 1 is 1.32 bits per heavy atom. The summed E-state index contributed by atoms with van der Waals surface area (Å²) in [4.78, 5) is 12.7.